The first-order valence-electron chi connectivity index (χ1n) is 5.01. The van der Waals surface area contributed by atoms with Crippen molar-refractivity contribution < 1.29 is 4.79 Å². The number of pyridine rings is 1. The smallest absolute Gasteiger partial charge is 0.261 e. The third-order valence-corrected chi connectivity index (χ3v) is 3.14. The largest absolute Gasteiger partial charge is 0.367 e. The highest BCUT2D eigenvalue weighted by Crippen LogP contribution is 2.26. The van der Waals surface area contributed by atoms with Crippen molar-refractivity contribution in [3.8, 4) is 0 Å². The zero-order chi connectivity index (χ0) is 13.1. The Morgan fingerprint density at radius 2 is 2.11 bits per heavy atom. The van der Waals surface area contributed by atoms with Gasteiger partial charge in [0.1, 0.15) is 5.56 Å². The molecule has 1 aromatic carbocycles. The third-order valence-electron chi connectivity index (χ3n) is 2.25. The summed E-state index contributed by atoms with van der Waals surface area (Å²) in [4.78, 5) is 26.1. The number of halogens is 2. The molecule has 92 valence electrons. The van der Waals surface area contributed by atoms with Crippen LogP contribution in [0.4, 0.5) is 5.69 Å². The summed E-state index contributed by atoms with van der Waals surface area (Å²) in [5.74, 6) is -0.472. The SMILES string of the molecule is O=C(Nc1ccc(Cl)cc1Br)c1c[nH]ccc1=O. The molecule has 2 aromatic rings. The maximum absolute atomic E-state index is 11.9. The molecule has 4 nitrogen and oxygen atoms in total. The third kappa shape index (κ3) is 2.80. The van der Waals surface area contributed by atoms with Crippen molar-refractivity contribution in [3.63, 3.8) is 0 Å². The van der Waals surface area contributed by atoms with Crippen LogP contribution in [0.15, 0.2) is 45.9 Å². The first kappa shape index (κ1) is 12.9. The van der Waals surface area contributed by atoms with E-state index < -0.39 is 5.91 Å². The van der Waals surface area contributed by atoms with E-state index in [0.29, 0.717) is 15.2 Å². The molecule has 1 aromatic heterocycles. The Labute approximate surface area is 116 Å². The standard InChI is InChI=1S/C12H8BrClN2O2/c13-9-5-7(14)1-2-10(9)16-12(18)8-6-15-4-3-11(8)17/h1-6H,(H,15,17)(H,16,18). The molecule has 0 fully saturated rings. The van der Waals surface area contributed by atoms with Crippen LogP contribution in [0.2, 0.25) is 5.02 Å². The van der Waals surface area contributed by atoms with E-state index in [9.17, 15) is 9.59 Å². The minimum atomic E-state index is -0.472. The maximum Gasteiger partial charge on any atom is 0.261 e. The van der Waals surface area contributed by atoms with Crippen LogP contribution >= 0.6 is 27.5 Å². The second kappa shape index (κ2) is 5.37. The van der Waals surface area contributed by atoms with Gasteiger partial charge >= 0.3 is 0 Å². The summed E-state index contributed by atoms with van der Waals surface area (Å²) in [6.07, 6.45) is 2.83. The number of benzene rings is 1. The fraction of sp³-hybridized carbons (Fsp3) is 0. The van der Waals surface area contributed by atoms with Gasteiger partial charge in [0.25, 0.3) is 5.91 Å². The molecule has 0 aliphatic heterocycles. The fourth-order valence-corrected chi connectivity index (χ4v) is 2.16. The average molecular weight is 328 g/mol. The van der Waals surface area contributed by atoms with Crippen LogP contribution in [0.3, 0.4) is 0 Å². The molecular formula is C12H8BrClN2O2. The Kier molecular flexibility index (Phi) is 3.84. The number of rotatable bonds is 2. The number of aromatic amines is 1. The van der Waals surface area contributed by atoms with E-state index >= 15 is 0 Å². The topological polar surface area (TPSA) is 62.0 Å². The van der Waals surface area contributed by atoms with Crippen molar-refractivity contribution in [2.75, 3.05) is 5.32 Å². The Balaban J connectivity index is 2.27. The Morgan fingerprint density at radius 3 is 2.78 bits per heavy atom. The second-order valence-electron chi connectivity index (χ2n) is 3.50. The quantitative estimate of drug-likeness (QED) is 0.890. The summed E-state index contributed by atoms with van der Waals surface area (Å²) in [5.41, 5.74) is 0.267. The van der Waals surface area contributed by atoms with E-state index in [1.54, 1.807) is 18.2 Å². The van der Waals surface area contributed by atoms with Crippen LogP contribution < -0.4 is 10.7 Å². The van der Waals surface area contributed by atoms with Crippen LogP contribution in [0.1, 0.15) is 10.4 Å². The number of hydrogen-bond donors (Lipinski definition) is 2. The number of aromatic nitrogens is 1. The van der Waals surface area contributed by atoms with Crippen molar-refractivity contribution in [1.82, 2.24) is 4.98 Å². The zero-order valence-corrected chi connectivity index (χ0v) is 11.4. The van der Waals surface area contributed by atoms with Crippen molar-refractivity contribution in [3.05, 3.63) is 61.9 Å². The van der Waals surface area contributed by atoms with Gasteiger partial charge in [0.2, 0.25) is 0 Å². The Morgan fingerprint density at radius 1 is 1.33 bits per heavy atom. The number of hydrogen-bond acceptors (Lipinski definition) is 2. The number of H-pyrrole nitrogens is 1. The maximum atomic E-state index is 11.9. The van der Waals surface area contributed by atoms with Gasteiger partial charge in [0, 0.05) is 28.0 Å². The normalized spacial score (nSPS) is 10.1. The van der Waals surface area contributed by atoms with Gasteiger partial charge in [-0.25, -0.2) is 0 Å². The second-order valence-corrected chi connectivity index (χ2v) is 4.79. The van der Waals surface area contributed by atoms with Gasteiger partial charge in [-0.15, -0.1) is 0 Å². The molecule has 0 spiro atoms. The molecule has 0 saturated heterocycles. The van der Waals surface area contributed by atoms with Crippen LogP contribution in [0, 0.1) is 0 Å². The Bertz CT molecular complexity index is 655. The highest BCUT2D eigenvalue weighted by Gasteiger charge is 2.11. The molecule has 1 amide bonds. The van der Waals surface area contributed by atoms with E-state index in [1.807, 2.05) is 0 Å². The summed E-state index contributed by atoms with van der Waals surface area (Å²) in [6.45, 7) is 0. The molecule has 2 N–H and O–H groups in total. The van der Waals surface area contributed by atoms with Gasteiger partial charge in [-0.05, 0) is 34.1 Å². The van der Waals surface area contributed by atoms with Crippen molar-refractivity contribution in [2.45, 2.75) is 0 Å². The summed E-state index contributed by atoms with van der Waals surface area (Å²) < 4.78 is 0.649. The van der Waals surface area contributed by atoms with Gasteiger partial charge in [-0.1, -0.05) is 11.6 Å². The lowest BCUT2D eigenvalue weighted by Gasteiger charge is -2.07. The molecule has 2 rings (SSSR count). The highest BCUT2D eigenvalue weighted by atomic mass is 79.9. The van der Waals surface area contributed by atoms with Crippen LogP contribution in [0.5, 0.6) is 0 Å². The van der Waals surface area contributed by atoms with Crippen LogP contribution in [-0.4, -0.2) is 10.9 Å². The molecule has 6 heteroatoms. The molecule has 0 radical (unpaired) electrons. The van der Waals surface area contributed by atoms with Crippen molar-refractivity contribution >= 4 is 39.1 Å². The lowest BCUT2D eigenvalue weighted by atomic mass is 10.2. The molecular weight excluding hydrogens is 320 g/mol. The molecule has 0 unspecified atom stereocenters. The van der Waals surface area contributed by atoms with Gasteiger partial charge in [0.15, 0.2) is 5.43 Å². The van der Waals surface area contributed by atoms with Gasteiger partial charge in [-0.3, -0.25) is 9.59 Å². The molecule has 0 aliphatic rings. The first-order chi connectivity index (χ1) is 8.58. The zero-order valence-electron chi connectivity index (χ0n) is 9.04. The minimum Gasteiger partial charge on any atom is -0.367 e. The van der Waals surface area contributed by atoms with E-state index in [1.165, 1.54) is 18.5 Å². The van der Waals surface area contributed by atoms with Gasteiger partial charge in [-0.2, -0.15) is 0 Å². The van der Waals surface area contributed by atoms with Crippen LogP contribution in [-0.2, 0) is 0 Å². The van der Waals surface area contributed by atoms with E-state index in [0.717, 1.165) is 0 Å². The lowest BCUT2D eigenvalue weighted by molar-refractivity contribution is 0.102. The molecule has 0 atom stereocenters. The fourth-order valence-electron chi connectivity index (χ4n) is 1.37. The minimum absolute atomic E-state index is 0.0550. The number of carbonyl (C=O) groups is 1. The summed E-state index contributed by atoms with van der Waals surface area (Å²) in [6, 6.07) is 6.26. The molecule has 1 heterocycles. The average Bonchev–Trinajstić information content (AvgIpc) is 2.33. The van der Waals surface area contributed by atoms with Gasteiger partial charge < -0.3 is 10.3 Å². The van der Waals surface area contributed by atoms with E-state index in [2.05, 4.69) is 26.2 Å². The highest BCUT2D eigenvalue weighted by molar-refractivity contribution is 9.10. The first-order valence-corrected chi connectivity index (χ1v) is 6.18. The van der Waals surface area contributed by atoms with Crippen LogP contribution in [0.25, 0.3) is 0 Å². The number of amides is 1. The number of nitrogens with one attached hydrogen (secondary N) is 2. The molecule has 18 heavy (non-hydrogen) atoms. The van der Waals surface area contributed by atoms with E-state index in [4.69, 9.17) is 11.6 Å². The monoisotopic (exact) mass is 326 g/mol. The predicted octanol–water partition coefficient (Wildman–Crippen LogP) is 3.04. The molecule has 0 aliphatic carbocycles. The molecule has 0 bridgehead atoms. The van der Waals surface area contributed by atoms with E-state index in [-0.39, 0.29) is 11.0 Å². The predicted molar refractivity (Wildman–Crippen MR) is 74.2 cm³/mol. The summed E-state index contributed by atoms with van der Waals surface area (Å²) in [7, 11) is 0. The number of carbonyl (C=O) groups excluding carboxylic acids is 1. The summed E-state index contributed by atoms with van der Waals surface area (Å²) >= 11 is 9.08. The van der Waals surface area contributed by atoms with Crippen molar-refractivity contribution in [2.24, 2.45) is 0 Å². The van der Waals surface area contributed by atoms with Crippen molar-refractivity contribution in [1.29, 1.82) is 0 Å². The Hall–Kier alpha value is -1.59. The summed E-state index contributed by atoms with van der Waals surface area (Å²) in [5, 5.41) is 3.18. The van der Waals surface area contributed by atoms with Gasteiger partial charge in [0.05, 0.1) is 5.69 Å². The number of anilines is 1. The lowest BCUT2D eigenvalue weighted by Crippen LogP contribution is -2.21. The molecule has 0 saturated carbocycles.